The van der Waals surface area contributed by atoms with Crippen molar-refractivity contribution in [3.8, 4) is 0 Å². The number of nitrogens with one attached hydrogen (secondary N) is 1. The molecular formula is C11H9BrCl2N2O3S. The van der Waals surface area contributed by atoms with Gasteiger partial charge in [-0.1, -0.05) is 23.2 Å². The average molecular weight is 400 g/mol. The summed E-state index contributed by atoms with van der Waals surface area (Å²) in [5.74, 6) is 0.342. The maximum absolute atomic E-state index is 12.3. The van der Waals surface area contributed by atoms with Crippen molar-refractivity contribution in [1.82, 2.24) is 0 Å². The van der Waals surface area contributed by atoms with Crippen LogP contribution in [0.2, 0.25) is 10.0 Å². The van der Waals surface area contributed by atoms with E-state index in [0.717, 1.165) is 0 Å². The molecule has 9 heteroatoms. The van der Waals surface area contributed by atoms with Gasteiger partial charge in [-0.05, 0) is 34.1 Å². The Bertz CT molecular complexity index is 746. The highest BCUT2D eigenvalue weighted by molar-refractivity contribution is 9.10. The van der Waals surface area contributed by atoms with Crippen LogP contribution >= 0.6 is 39.1 Å². The summed E-state index contributed by atoms with van der Waals surface area (Å²) < 4.78 is 32.1. The fraction of sp³-hybridized carbons (Fsp3) is 0.0909. The van der Waals surface area contributed by atoms with Crippen molar-refractivity contribution in [2.75, 3.05) is 4.72 Å². The molecule has 3 N–H and O–H groups in total. The zero-order valence-corrected chi connectivity index (χ0v) is 13.8. The molecule has 0 saturated heterocycles. The standard InChI is InChI=1S/C11H9BrCl2N2O3S/c12-11-10(4-7(5-15)19-11)20(17,18)16-9-3-6(13)1-2-8(9)14/h1-4,16H,5,15H2. The Morgan fingerprint density at radius 3 is 2.60 bits per heavy atom. The Morgan fingerprint density at radius 2 is 2.00 bits per heavy atom. The largest absolute Gasteiger partial charge is 0.452 e. The van der Waals surface area contributed by atoms with Gasteiger partial charge >= 0.3 is 0 Å². The van der Waals surface area contributed by atoms with Gasteiger partial charge in [0.2, 0.25) is 0 Å². The SMILES string of the molecule is NCc1cc(S(=O)(=O)Nc2cc(Cl)ccc2Cl)c(Br)o1. The van der Waals surface area contributed by atoms with E-state index in [0.29, 0.717) is 10.8 Å². The predicted octanol–water partition coefficient (Wildman–Crippen LogP) is 3.61. The second-order valence-electron chi connectivity index (χ2n) is 3.78. The summed E-state index contributed by atoms with van der Waals surface area (Å²) in [6.07, 6.45) is 0. The fourth-order valence-corrected chi connectivity index (χ4v) is 3.92. The minimum absolute atomic E-state index is 0.0611. The molecule has 2 aromatic rings. The molecule has 1 aromatic heterocycles. The summed E-state index contributed by atoms with van der Waals surface area (Å²) in [4.78, 5) is -0.0611. The average Bonchev–Trinajstić information content (AvgIpc) is 2.76. The molecule has 0 amide bonds. The Labute approximate surface area is 134 Å². The molecule has 0 radical (unpaired) electrons. The zero-order valence-electron chi connectivity index (χ0n) is 9.86. The first-order chi connectivity index (χ1) is 9.33. The molecule has 1 heterocycles. The van der Waals surface area contributed by atoms with Crippen LogP contribution in [0.4, 0.5) is 5.69 Å². The van der Waals surface area contributed by atoms with Crippen molar-refractivity contribution in [3.63, 3.8) is 0 Å². The molecule has 20 heavy (non-hydrogen) atoms. The molecule has 0 saturated carbocycles. The van der Waals surface area contributed by atoms with Crippen LogP contribution in [0.1, 0.15) is 5.76 Å². The highest BCUT2D eigenvalue weighted by atomic mass is 79.9. The summed E-state index contributed by atoms with van der Waals surface area (Å²) in [5, 5.41) is 0.595. The minimum atomic E-state index is -3.86. The van der Waals surface area contributed by atoms with Crippen molar-refractivity contribution in [1.29, 1.82) is 0 Å². The van der Waals surface area contributed by atoms with E-state index in [1.54, 1.807) is 6.07 Å². The Morgan fingerprint density at radius 1 is 1.30 bits per heavy atom. The van der Waals surface area contributed by atoms with Gasteiger partial charge in [0, 0.05) is 11.1 Å². The molecule has 0 atom stereocenters. The zero-order chi connectivity index (χ0) is 14.9. The molecule has 0 aliphatic rings. The van der Waals surface area contributed by atoms with Crippen LogP contribution in [0.15, 0.2) is 38.2 Å². The van der Waals surface area contributed by atoms with Crippen LogP contribution in [0.3, 0.4) is 0 Å². The third-order valence-electron chi connectivity index (χ3n) is 2.37. The molecule has 108 valence electrons. The summed E-state index contributed by atoms with van der Waals surface area (Å²) in [6.45, 7) is 0.0893. The monoisotopic (exact) mass is 398 g/mol. The molecule has 1 aromatic carbocycles. The van der Waals surface area contributed by atoms with Gasteiger partial charge in [-0.25, -0.2) is 8.42 Å². The normalized spacial score (nSPS) is 11.6. The third kappa shape index (κ3) is 3.29. The van der Waals surface area contributed by atoms with Gasteiger partial charge in [-0.3, -0.25) is 4.72 Å². The topological polar surface area (TPSA) is 85.3 Å². The van der Waals surface area contributed by atoms with Crippen molar-refractivity contribution in [3.05, 3.63) is 44.7 Å². The summed E-state index contributed by atoms with van der Waals surface area (Å²) >= 11 is 14.8. The van der Waals surface area contributed by atoms with Crippen molar-refractivity contribution >= 4 is 54.8 Å². The van der Waals surface area contributed by atoms with Crippen LogP contribution in [-0.2, 0) is 16.6 Å². The molecule has 0 aliphatic heterocycles. The van der Waals surface area contributed by atoms with Crippen molar-refractivity contribution in [2.45, 2.75) is 11.4 Å². The number of anilines is 1. The number of hydrogen-bond acceptors (Lipinski definition) is 4. The van der Waals surface area contributed by atoms with E-state index in [1.165, 1.54) is 18.2 Å². The quantitative estimate of drug-likeness (QED) is 0.822. The second kappa shape index (κ2) is 5.95. The number of rotatable bonds is 4. The smallest absolute Gasteiger partial charge is 0.266 e. The highest BCUT2D eigenvalue weighted by Gasteiger charge is 2.23. The molecule has 2 rings (SSSR count). The lowest BCUT2D eigenvalue weighted by atomic mass is 10.3. The first-order valence-corrected chi connectivity index (χ1v) is 8.33. The van der Waals surface area contributed by atoms with Crippen molar-refractivity contribution < 1.29 is 12.8 Å². The second-order valence-corrected chi connectivity index (χ2v) is 7.00. The number of benzene rings is 1. The van der Waals surface area contributed by atoms with Gasteiger partial charge in [0.05, 0.1) is 17.3 Å². The number of hydrogen-bond donors (Lipinski definition) is 2. The first kappa shape index (κ1) is 15.7. The van der Waals surface area contributed by atoms with Crippen LogP contribution in [0.5, 0.6) is 0 Å². The van der Waals surface area contributed by atoms with Crippen LogP contribution in [-0.4, -0.2) is 8.42 Å². The first-order valence-electron chi connectivity index (χ1n) is 5.29. The molecule has 0 spiro atoms. The minimum Gasteiger partial charge on any atom is -0.452 e. The maximum Gasteiger partial charge on any atom is 0.266 e. The third-order valence-corrected chi connectivity index (χ3v) is 5.16. The Hall–Kier alpha value is -0.730. The number of halogens is 3. The van der Waals surface area contributed by atoms with E-state index in [2.05, 4.69) is 20.7 Å². The molecule has 0 bridgehead atoms. The highest BCUT2D eigenvalue weighted by Crippen LogP contribution is 2.31. The number of nitrogens with two attached hydrogens (primary N) is 1. The lowest BCUT2D eigenvalue weighted by Gasteiger charge is -2.08. The summed E-state index contributed by atoms with van der Waals surface area (Å²) in [6, 6.07) is 5.81. The van der Waals surface area contributed by atoms with Crippen LogP contribution < -0.4 is 10.5 Å². The molecule has 0 unspecified atom stereocenters. The Kier molecular flexibility index (Phi) is 4.66. The van der Waals surface area contributed by atoms with Gasteiger partial charge in [0.1, 0.15) is 10.7 Å². The lowest BCUT2D eigenvalue weighted by Crippen LogP contribution is -2.13. The van der Waals surface area contributed by atoms with Crippen LogP contribution in [0, 0.1) is 0 Å². The van der Waals surface area contributed by atoms with E-state index < -0.39 is 10.0 Å². The van der Waals surface area contributed by atoms with Crippen molar-refractivity contribution in [2.24, 2.45) is 5.73 Å². The maximum atomic E-state index is 12.3. The number of furan rings is 1. The van der Waals surface area contributed by atoms with E-state index >= 15 is 0 Å². The Balaban J connectivity index is 2.40. The van der Waals surface area contributed by atoms with E-state index in [9.17, 15) is 8.42 Å². The fourth-order valence-electron chi connectivity index (χ4n) is 1.46. The van der Waals surface area contributed by atoms with Gasteiger partial charge < -0.3 is 10.2 Å². The van der Waals surface area contributed by atoms with E-state index in [-0.39, 0.29) is 26.8 Å². The van der Waals surface area contributed by atoms with Gasteiger partial charge in [0.15, 0.2) is 4.67 Å². The summed E-state index contributed by atoms with van der Waals surface area (Å²) in [5.41, 5.74) is 5.59. The van der Waals surface area contributed by atoms with Gasteiger partial charge in [-0.15, -0.1) is 0 Å². The molecule has 0 aliphatic carbocycles. The van der Waals surface area contributed by atoms with E-state index in [4.69, 9.17) is 33.4 Å². The summed E-state index contributed by atoms with van der Waals surface area (Å²) in [7, 11) is -3.86. The van der Waals surface area contributed by atoms with Gasteiger partial charge in [-0.2, -0.15) is 0 Å². The number of sulfonamides is 1. The molecule has 5 nitrogen and oxygen atoms in total. The molecular weight excluding hydrogens is 391 g/mol. The van der Waals surface area contributed by atoms with Gasteiger partial charge in [0.25, 0.3) is 10.0 Å². The molecule has 0 fully saturated rings. The lowest BCUT2D eigenvalue weighted by molar-refractivity contribution is 0.484. The van der Waals surface area contributed by atoms with E-state index in [1.807, 2.05) is 0 Å². The van der Waals surface area contributed by atoms with Crippen LogP contribution in [0.25, 0.3) is 0 Å². The predicted molar refractivity (Wildman–Crippen MR) is 81.6 cm³/mol.